The Morgan fingerprint density at radius 1 is 1.47 bits per heavy atom. The third kappa shape index (κ3) is 3.01. The van der Waals surface area contributed by atoms with Crippen molar-refractivity contribution < 1.29 is 0 Å². The lowest BCUT2D eigenvalue weighted by Gasteiger charge is -2.23. The normalized spacial score (nSPS) is 14.6. The summed E-state index contributed by atoms with van der Waals surface area (Å²) in [6, 6.07) is 4.65. The van der Waals surface area contributed by atoms with Crippen molar-refractivity contribution in [1.29, 1.82) is 0 Å². The van der Waals surface area contributed by atoms with Gasteiger partial charge < -0.3 is 10.6 Å². The second kappa shape index (κ2) is 5.38. The molecular weight excluding hydrogens is 276 g/mol. The lowest BCUT2D eigenvalue weighted by atomic mass is 10.3. The SMILES string of the molecule is CSc1nc(N)cc(N(Cc2ccsc2)C2CC2)n1. The van der Waals surface area contributed by atoms with Gasteiger partial charge in [0.2, 0.25) is 0 Å². The minimum atomic E-state index is 0.547. The molecule has 0 unspecified atom stereocenters. The molecule has 3 rings (SSSR count). The van der Waals surface area contributed by atoms with Crippen molar-refractivity contribution >= 4 is 34.7 Å². The Morgan fingerprint density at radius 3 is 2.95 bits per heavy atom. The highest BCUT2D eigenvalue weighted by Gasteiger charge is 2.30. The monoisotopic (exact) mass is 292 g/mol. The molecule has 1 fully saturated rings. The molecule has 0 aliphatic heterocycles. The van der Waals surface area contributed by atoms with Gasteiger partial charge in [-0.3, -0.25) is 0 Å². The Balaban J connectivity index is 1.89. The summed E-state index contributed by atoms with van der Waals surface area (Å²) >= 11 is 3.26. The van der Waals surface area contributed by atoms with E-state index in [1.807, 2.05) is 12.3 Å². The smallest absolute Gasteiger partial charge is 0.191 e. The first-order valence-corrected chi connectivity index (χ1v) is 8.39. The maximum Gasteiger partial charge on any atom is 0.191 e. The first-order chi connectivity index (χ1) is 9.26. The average Bonchev–Trinajstić information content (AvgIpc) is 3.12. The number of rotatable bonds is 5. The number of nitrogens with two attached hydrogens (primary N) is 1. The van der Waals surface area contributed by atoms with E-state index in [0.29, 0.717) is 11.9 Å². The van der Waals surface area contributed by atoms with Crippen LogP contribution in [-0.2, 0) is 6.54 Å². The average molecular weight is 292 g/mol. The molecule has 2 N–H and O–H groups in total. The topological polar surface area (TPSA) is 55.0 Å². The minimum Gasteiger partial charge on any atom is -0.383 e. The van der Waals surface area contributed by atoms with Crippen LogP contribution < -0.4 is 10.6 Å². The summed E-state index contributed by atoms with van der Waals surface area (Å²) < 4.78 is 0. The zero-order valence-electron chi connectivity index (χ0n) is 10.7. The van der Waals surface area contributed by atoms with Gasteiger partial charge in [0.15, 0.2) is 5.16 Å². The fraction of sp³-hybridized carbons (Fsp3) is 0.385. The molecule has 1 aliphatic carbocycles. The van der Waals surface area contributed by atoms with E-state index in [2.05, 4.69) is 31.7 Å². The van der Waals surface area contributed by atoms with Gasteiger partial charge >= 0.3 is 0 Å². The van der Waals surface area contributed by atoms with Gasteiger partial charge in [-0.25, -0.2) is 9.97 Å². The number of aromatic nitrogens is 2. The van der Waals surface area contributed by atoms with Gasteiger partial charge in [-0.15, -0.1) is 0 Å². The van der Waals surface area contributed by atoms with E-state index in [0.717, 1.165) is 17.5 Å². The zero-order valence-corrected chi connectivity index (χ0v) is 12.4. The van der Waals surface area contributed by atoms with Crippen LogP contribution in [0.25, 0.3) is 0 Å². The molecule has 0 aromatic carbocycles. The third-order valence-corrected chi connectivity index (χ3v) is 4.39. The highest BCUT2D eigenvalue weighted by atomic mass is 32.2. The van der Waals surface area contributed by atoms with Crippen LogP contribution in [0.1, 0.15) is 18.4 Å². The fourth-order valence-corrected chi connectivity index (χ4v) is 3.07. The van der Waals surface area contributed by atoms with Gasteiger partial charge in [0.25, 0.3) is 0 Å². The summed E-state index contributed by atoms with van der Waals surface area (Å²) in [6.07, 6.45) is 4.45. The number of thioether (sulfide) groups is 1. The molecule has 19 heavy (non-hydrogen) atoms. The van der Waals surface area contributed by atoms with Gasteiger partial charge in [-0.2, -0.15) is 11.3 Å². The van der Waals surface area contributed by atoms with Crippen LogP contribution >= 0.6 is 23.1 Å². The van der Waals surface area contributed by atoms with Gasteiger partial charge in [0.05, 0.1) is 0 Å². The quantitative estimate of drug-likeness (QED) is 0.678. The van der Waals surface area contributed by atoms with Crippen molar-refractivity contribution in [2.24, 2.45) is 0 Å². The Kier molecular flexibility index (Phi) is 3.61. The molecule has 0 atom stereocenters. The summed E-state index contributed by atoms with van der Waals surface area (Å²) in [7, 11) is 0. The Morgan fingerprint density at radius 2 is 2.32 bits per heavy atom. The molecule has 1 aliphatic rings. The molecule has 6 heteroatoms. The number of hydrogen-bond donors (Lipinski definition) is 1. The standard InChI is InChI=1S/C13H16N4S2/c1-18-13-15-11(14)6-12(16-13)17(10-2-3-10)7-9-4-5-19-8-9/h4-6,8,10H,2-3,7H2,1H3,(H2,14,15,16). The Labute approximate surface area is 121 Å². The van der Waals surface area contributed by atoms with Gasteiger partial charge in [-0.05, 0) is 41.5 Å². The summed E-state index contributed by atoms with van der Waals surface area (Å²) in [4.78, 5) is 11.2. The highest BCUT2D eigenvalue weighted by molar-refractivity contribution is 7.98. The third-order valence-electron chi connectivity index (χ3n) is 3.11. The predicted octanol–water partition coefficient (Wildman–Crippen LogP) is 3.01. The van der Waals surface area contributed by atoms with Crippen molar-refractivity contribution in [2.75, 3.05) is 16.9 Å². The van der Waals surface area contributed by atoms with E-state index < -0.39 is 0 Å². The number of thiophene rings is 1. The second-order valence-corrected chi connectivity index (χ2v) is 6.18. The first kappa shape index (κ1) is 12.7. The molecule has 100 valence electrons. The van der Waals surface area contributed by atoms with E-state index in [-0.39, 0.29) is 0 Å². The highest BCUT2D eigenvalue weighted by Crippen LogP contribution is 2.33. The van der Waals surface area contributed by atoms with Crippen LogP contribution in [0.15, 0.2) is 28.0 Å². The number of nitrogens with zero attached hydrogens (tertiary/aromatic N) is 3. The van der Waals surface area contributed by atoms with Crippen LogP contribution in [0.4, 0.5) is 11.6 Å². The van der Waals surface area contributed by atoms with Crippen LogP contribution in [0.3, 0.4) is 0 Å². The van der Waals surface area contributed by atoms with Crippen LogP contribution in [-0.4, -0.2) is 22.3 Å². The van der Waals surface area contributed by atoms with Gasteiger partial charge in [-0.1, -0.05) is 11.8 Å². The maximum atomic E-state index is 5.88. The Bertz CT molecular complexity index is 552. The van der Waals surface area contributed by atoms with E-state index in [4.69, 9.17) is 5.73 Å². The zero-order chi connectivity index (χ0) is 13.2. The minimum absolute atomic E-state index is 0.547. The van der Waals surface area contributed by atoms with Gasteiger partial charge in [0, 0.05) is 18.7 Å². The summed E-state index contributed by atoms with van der Waals surface area (Å²) in [5, 5.41) is 5.04. The summed E-state index contributed by atoms with van der Waals surface area (Å²) in [5.41, 5.74) is 7.21. The van der Waals surface area contributed by atoms with Crippen molar-refractivity contribution in [3.8, 4) is 0 Å². The number of anilines is 2. The van der Waals surface area contributed by atoms with Crippen LogP contribution in [0.2, 0.25) is 0 Å². The molecule has 1 saturated carbocycles. The largest absolute Gasteiger partial charge is 0.383 e. The molecule has 4 nitrogen and oxygen atoms in total. The molecule has 0 amide bonds. The van der Waals surface area contributed by atoms with Crippen molar-refractivity contribution in [2.45, 2.75) is 30.6 Å². The van der Waals surface area contributed by atoms with E-state index in [9.17, 15) is 0 Å². The Hall–Kier alpha value is -1.27. The van der Waals surface area contributed by atoms with E-state index in [1.54, 1.807) is 11.3 Å². The molecular formula is C13H16N4S2. The number of nitrogen functional groups attached to an aromatic ring is 1. The van der Waals surface area contributed by atoms with Gasteiger partial charge in [0.1, 0.15) is 11.6 Å². The summed E-state index contributed by atoms with van der Waals surface area (Å²) in [5.74, 6) is 1.50. The molecule has 2 aromatic heterocycles. The predicted molar refractivity (Wildman–Crippen MR) is 81.7 cm³/mol. The van der Waals surface area contributed by atoms with Crippen LogP contribution in [0, 0.1) is 0 Å². The second-order valence-electron chi connectivity index (χ2n) is 4.63. The van der Waals surface area contributed by atoms with Crippen molar-refractivity contribution in [3.05, 3.63) is 28.5 Å². The fourth-order valence-electron chi connectivity index (χ4n) is 2.03. The first-order valence-electron chi connectivity index (χ1n) is 6.22. The lowest BCUT2D eigenvalue weighted by Crippen LogP contribution is -2.26. The lowest BCUT2D eigenvalue weighted by molar-refractivity contribution is 0.765. The van der Waals surface area contributed by atoms with Crippen molar-refractivity contribution in [1.82, 2.24) is 9.97 Å². The molecule has 2 heterocycles. The molecule has 2 aromatic rings. The van der Waals surface area contributed by atoms with E-state index >= 15 is 0 Å². The number of hydrogen-bond acceptors (Lipinski definition) is 6. The summed E-state index contributed by atoms with van der Waals surface area (Å²) in [6.45, 7) is 0.901. The van der Waals surface area contributed by atoms with Crippen molar-refractivity contribution in [3.63, 3.8) is 0 Å². The molecule has 0 radical (unpaired) electrons. The molecule has 0 spiro atoms. The van der Waals surface area contributed by atoms with Crippen LogP contribution in [0.5, 0.6) is 0 Å². The molecule has 0 saturated heterocycles. The van der Waals surface area contributed by atoms with E-state index in [1.165, 1.54) is 30.2 Å². The maximum absolute atomic E-state index is 5.88. The molecule has 0 bridgehead atoms.